The van der Waals surface area contributed by atoms with Gasteiger partial charge in [0.25, 0.3) is 0 Å². The molecule has 2 aliphatic rings. The lowest BCUT2D eigenvalue weighted by atomic mass is 9.96. The van der Waals surface area contributed by atoms with Gasteiger partial charge in [-0.1, -0.05) is 0 Å². The van der Waals surface area contributed by atoms with Gasteiger partial charge in [-0.2, -0.15) is 0 Å². The second-order valence-electron chi connectivity index (χ2n) is 3.44. The first-order valence-corrected chi connectivity index (χ1v) is 4.84. The van der Waals surface area contributed by atoms with Crippen molar-refractivity contribution in [1.82, 2.24) is 10.6 Å². The maximum absolute atomic E-state index is 5.68. The molecular formula is C8H14N2OS. The minimum atomic E-state index is 0.404. The molecule has 2 heterocycles. The van der Waals surface area contributed by atoms with Crippen LogP contribution in [-0.4, -0.2) is 30.4 Å². The maximum atomic E-state index is 5.68. The minimum Gasteiger partial charge on any atom is -0.373 e. The summed E-state index contributed by atoms with van der Waals surface area (Å²) in [7, 11) is 1.84. The van der Waals surface area contributed by atoms with E-state index >= 15 is 0 Å². The first kappa shape index (κ1) is 8.26. The summed E-state index contributed by atoms with van der Waals surface area (Å²) in [5, 5.41) is 6.90. The van der Waals surface area contributed by atoms with Gasteiger partial charge < -0.3 is 15.4 Å². The van der Waals surface area contributed by atoms with Gasteiger partial charge in [0.2, 0.25) is 0 Å². The highest BCUT2D eigenvalue weighted by molar-refractivity contribution is 7.80. The summed E-state index contributed by atoms with van der Waals surface area (Å²) in [5.74, 6) is 0. The van der Waals surface area contributed by atoms with Crippen LogP contribution in [0.5, 0.6) is 0 Å². The first-order valence-electron chi connectivity index (χ1n) is 4.43. The standard InChI is InChI=1S/C8H14N2OS/c1-9-8(12)10-6-4-5-2-3-7(6)11-5/h5-7H,2-4H2,1H3,(H2,9,10,12)/t5-,6-,7+/m1/s1. The van der Waals surface area contributed by atoms with Crippen molar-refractivity contribution in [2.24, 2.45) is 0 Å². The Balaban J connectivity index is 1.86. The van der Waals surface area contributed by atoms with Gasteiger partial charge in [-0.05, 0) is 31.5 Å². The van der Waals surface area contributed by atoms with E-state index in [1.165, 1.54) is 12.8 Å². The Bertz CT molecular complexity index is 197. The fourth-order valence-corrected chi connectivity index (χ4v) is 2.18. The van der Waals surface area contributed by atoms with Crippen molar-refractivity contribution in [2.75, 3.05) is 7.05 Å². The Morgan fingerprint density at radius 2 is 2.33 bits per heavy atom. The van der Waals surface area contributed by atoms with Gasteiger partial charge in [0.05, 0.1) is 18.2 Å². The fraction of sp³-hybridized carbons (Fsp3) is 0.875. The molecule has 68 valence electrons. The zero-order valence-electron chi connectivity index (χ0n) is 7.17. The number of hydrogen-bond donors (Lipinski definition) is 2. The van der Waals surface area contributed by atoms with E-state index in [0.29, 0.717) is 18.2 Å². The van der Waals surface area contributed by atoms with Crippen LogP contribution in [0.2, 0.25) is 0 Å². The van der Waals surface area contributed by atoms with E-state index in [0.717, 1.165) is 11.5 Å². The molecule has 0 aliphatic carbocycles. The van der Waals surface area contributed by atoms with Crippen LogP contribution < -0.4 is 10.6 Å². The van der Waals surface area contributed by atoms with E-state index in [2.05, 4.69) is 10.6 Å². The van der Waals surface area contributed by atoms with E-state index in [1.807, 2.05) is 7.05 Å². The van der Waals surface area contributed by atoms with E-state index in [4.69, 9.17) is 17.0 Å². The molecule has 2 aliphatic heterocycles. The molecule has 4 heteroatoms. The molecule has 3 nitrogen and oxygen atoms in total. The third-order valence-corrected chi connectivity index (χ3v) is 2.97. The first-order chi connectivity index (χ1) is 5.79. The highest BCUT2D eigenvalue weighted by atomic mass is 32.1. The molecule has 0 aromatic carbocycles. The molecule has 3 atom stereocenters. The third-order valence-electron chi connectivity index (χ3n) is 2.65. The van der Waals surface area contributed by atoms with Crippen molar-refractivity contribution in [3.63, 3.8) is 0 Å². The number of nitrogens with one attached hydrogen (secondary N) is 2. The van der Waals surface area contributed by atoms with Crippen LogP contribution in [0.4, 0.5) is 0 Å². The average Bonchev–Trinajstić information content (AvgIpc) is 2.64. The van der Waals surface area contributed by atoms with Crippen molar-refractivity contribution >= 4 is 17.3 Å². The normalized spacial score (nSPS) is 38.2. The zero-order valence-corrected chi connectivity index (χ0v) is 7.99. The highest BCUT2D eigenvalue weighted by Gasteiger charge is 2.40. The van der Waals surface area contributed by atoms with E-state index in [9.17, 15) is 0 Å². The van der Waals surface area contributed by atoms with Crippen molar-refractivity contribution in [3.8, 4) is 0 Å². The van der Waals surface area contributed by atoms with E-state index in [1.54, 1.807) is 0 Å². The summed E-state index contributed by atoms with van der Waals surface area (Å²) in [4.78, 5) is 0. The predicted octanol–water partition coefficient (Wildman–Crippen LogP) is 0.400. The molecule has 2 fully saturated rings. The zero-order chi connectivity index (χ0) is 8.55. The quantitative estimate of drug-likeness (QED) is 0.581. The highest BCUT2D eigenvalue weighted by Crippen LogP contribution is 2.34. The largest absolute Gasteiger partial charge is 0.373 e. The third kappa shape index (κ3) is 1.41. The van der Waals surface area contributed by atoms with Crippen LogP contribution in [0.15, 0.2) is 0 Å². The number of hydrogen-bond acceptors (Lipinski definition) is 2. The van der Waals surface area contributed by atoms with Crippen molar-refractivity contribution in [3.05, 3.63) is 0 Å². The number of thiocarbonyl (C=S) groups is 1. The Morgan fingerprint density at radius 1 is 1.50 bits per heavy atom. The van der Waals surface area contributed by atoms with Gasteiger partial charge in [0.15, 0.2) is 5.11 Å². The molecule has 0 unspecified atom stereocenters. The maximum Gasteiger partial charge on any atom is 0.166 e. The van der Waals surface area contributed by atoms with Crippen LogP contribution in [0.1, 0.15) is 19.3 Å². The molecule has 12 heavy (non-hydrogen) atoms. The Labute approximate surface area is 77.9 Å². The lowest BCUT2D eigenvalue weighted by Gasteiger charge is -2.20. The molecular weight excluding hydrogens is 172 g/mol. The molecule has 2 bridgehead atoms. The second kappa shape index (κ2) is 3.18. The predicted molar refractivity (Wildman–Crippen MR) is 51.1 cm³/mol. The van der Waals surface area contributed by atoms with Gasteiger partial charge in [-0.15, -0.1) is 0 Å². The van der Waals surface area contributed by atoms with Crippen molar-refractivity contribution < 1.29 is 4.74 Å². The Hall–Kier alpha value is -0.350. The Kier molecular flexibility index (Phi) is 2.19. The summed E-state index contributed by atoms with van der Waals surface area (Å²) in [6.07, 6.45) is 4.43. The topological polar surface area (TPSA) is 33.3 Å². The SMILES string of the molecule is CNC(=S)N[C@@H]1C[C@H]2CC[C@@H]1O2. The molecule has 2 N–H and O–H groups in total. The Morgan fingerprint density at radius 3 is 2.83 bits per heavy atom. The van der Waals surface area contributed by atoms with Crippen LogP contribution in [-0.2, 0) is 4.74 Å². The summed E-state index contributed by atoms with van der Waals surface area (Å²) in [5.41, 5.74) is 0. The monoisotopic (exact) mass is 186 g/mol. The van der Waals surface area contributed by atoms with Crippen LogP contribution in [0, 0.1) is 0 Å². The van der Waals surface area contributed by atoms with Gasteiger partial charge in [-0.25, -0.2) is 0 Å². The average molecular weight is 186 g/mol. The number of rotatable bonds is 1. The summed E-state index contributed by atoms with van der Waals surface area (Å²) in [6, 6.07) is 0.448. The molecule has 0 saturated carbocycles. The lowest BCUT2D eigenvalue weighted by Crippen LogP contribution is -2.45. The lowest BCUT2D eigenvalue weighted by molar-refractivity contribution is 0.0993. The van der Waals surface area contributed by atoms with Gasteiger partial charge in [0.1, 0.15) is 0 Å². The molecule has 0 aromatic heterocycles. The molecule has 0 radical (unpaired) electrons. The molecule has 2 rings (SSSR count). The van der Waals surface area contributed by atoms with Crippen LogP contribution in [0.25, 0.3) is 0 Å². The molecule has 2 saturated heterocycles. The summed E-state index contributed by atoms with van der Waals surface area (Å²) in [6.45, 7) is 0. The van der Waals surface area contributed by atoms with E-state index < -0.39 is 0 Å². The second-order valence-corrected chi connectivity index (χ2v) is 3.85. The van der Waals surface area contributed by atoms with E-state index in [-0.39, 0.29) is 0 Å². The molecule has 0 aromatic rings. The molecule has 0 amide bonds. The number of fused-ring (bicyclic) bond motifs is 2. The van der Waals surface area contributed by atoms with Crippen LogP contribution in [0.3, 0.4) is 0 Å². The smallest absolute Gasteiger partial charge is 0.166 e. The minimum absolute atomic E-state index is 0.404. The molecule has 0 spiro atoms. The van der Waals surface area contributed by atoms with Crippen molar-refractivity contribution in [2.45, 2.75) is 37.5 Å². The van der Waals surface area contributed by atoms with Gasteiger partial charge in [0, 0.05) is 7.05 Å². The number of ether oxygens (including phenoxy) is 1. The van der Waals surface area contributed by atoms with Gasteiger partial charge in [-0.3, -0.25) is 0 Å². The van der Waals surface area contributed by atoms with Crippen molar-refractivity contribution in [1.29, 1.82) is 0 Å². The van der Waals surface area contributed by atoms with Gasteiger partial charge >= 0.3 is 0 Å². The summed E-state index contributed by atoms with van der Waals surface area (Å²) >= 11 is 5.03. The fourth-order valence-electron chi connectivity index (χ4n) is 2.03. The van der Waals surface area contributed by atoms with Crippen LogP contribution >= 0.6 is 12.2 Å². The summed E-state index contributed by atoms with van der Waals surface area (Å²) < 4.78 is 5.68.